The van der Waals surface area contributed by atoms with E-state index in [1.54, 1.807) is 12.0 Å². The predicted octanol–water partition coefficient (Wildman–Crippen LogP) is 3.13. The lowest BCUT2D eigenvalue weighted by Crippen LogP contribution is -2.55. The van der Waals surface area contributed by atoms with Crippen LogP contribution in [-0.4, -0.2) is 48.3 Å². The van der Waals surface area contributed by atoms with Crippen LogP contribution in [0.1, 0.15) is 51.0 Å². The summed E-state index contributed by atoms with van der Waals surface area (Å²) in [5, 5.41) is 9.55. The number of likely N-dealkylation sites (tertiary alicyclic amines) is 1. The van der Waals surface area contributed by atoms with Crippen molar-refractivity contribution in [3.8, 4) is 0 Å². The number of carbonyl (C=O) groups excluding carboxylic acids is 1. The van der Waals surface area contributed by atoms with Crippen molar-refractivity contribution in [1.82, 2.24) is 4.90 Å². The summed E-state index contributed by atoms with van der Waals surface area (Å²) in [4.78, 5) is 14.7. The predicted molar refractivity (Wildman–Crippen MR) is 98.4 cm³/mol. The fourth-order valence-corrected chi connectivity index (χ4v) is 4.68. The summed E-state index contributed by atoms with van der Waals surface area (Å²) in [5.74, 6) is 0.639. The number of rotatable bonds is 6. The number of benzene rings is 1. The maximum atomic E-state index is 12.9. The molecule has 4 heteroatoms. The Morgan fingerprint density at radius 1 is 1.32 bits per heavy atom. The first kappa shape index (κ1) is 18.4. The molecule has 2 fully saturated rings. The standard InChI is InChI=1S/C21H31NO3/c1-16(25-2)12-18-10-6-7-11-21(18,17-8-4-3-5-9-17)13-20(24)22-14-19(23)15-22/h3-5,8-9,16,18-19,23H,6-7,10-15H2,1-2H3. The molecule has 2 aliphatic rings. The van der Waals surface area contributed by atoms with Gasteiger partial charge >= 0.3 is 0 Å². The van der Waals surface area contributed by atoms with Gasteiger partial charge in [0.15, 0.2) is 0 Å². The first-order valence-electron chi connectivity index (χ1n) is 9.59. The summed E-state index contributed by atoms with van der Waals surface area (Å²) in [6.45, 7) is 3.10. The zero-order valence-electron chi connectivity index (χ0n) is 15.5. The zero-order chi connectivity index (χ0) is 17.9. The second-order valence-corrected chi connectivity index (χ2v) is 7.88. The van der Waals surface area contributed by atoms with Gasteiger partial charge in [-0.3, -0.25) is 4.79 Å². The van der Waals surface area contributed by atoms with Gasteiger partial charge < -0.3 is 14.7 Å². The molecular formula is C21H31NO3. The third-order valence-corrected chi connectivity index (χ3v) is 6.26. The molecule has 1 saturated heterocycles. The van der Waals surface area contributed by atoms with Gasteiger partial charge in [0.1, 0.15) is 0 Å². The zero-order valence-corrected chi connectivity index (χ0v) is 15.5. The molecule has 1 saturated carbocycles. The third kappa shape index (κ3) is 3.90. The van der Waals surface area contributed by atoms with E-state index in [2.05, 4.69) is 31.2 Å². The van der Waals surface area contributed by atoms with Crippen LogP contribution in [0.25, 0.3) is 0 Å². The molecular weight excluding hydrogens is 314 g/mol. The number of methoxy groups -OCH3 is 1. The summed E-state index contributed by atoms with van der Waals surface area (Å²) < 4.78 is 5.55. The highest BCUT2D eigenvalue weighted by Gasteiger charge is 2.45. The van der Waals surface area contributed by atoms with Crippen molar-refractivity contribution in [3.63, 3.8) is 0 Å². The van der Waals surface area contributed by atoms with Gasteiger partial charge in [-0.15, -0.1) is 0 Å². The topological polar surface area (TPSA) is 49.8 Å². The molecule has 0 bridgehead atoms. The molecule has 0 spiro atoms. The lowest BCUT2D eigenvalue weighted by atomic mass is 9.59. The van der Waals surface area contributed by atoms with Crippen LogP contribution in [0.4, 0.5) is 0 Å². The molecule has 1 heterocycles. The van der Waals surface area contributed by atoms with Crippen LogP contribution in [0.2, 0.25) is 0 Å². The van der Waals surface area contributed by atoms with Crippen molar-refractivity contribution < 1.29 is 14.6 Å². The fraction of sp³-hybridized carbons (Fsp3) is 0.667. The number of β-amino-alcohol motifs (C(OH)–C–C–N with tert-alkyl or cyclic N) is 1. The number of hydrogen-bond donors (Lipinski definition) is 1. The molecule has 4 nitrogen and oxygen atoms in total. The Hall–Kier alpha value is -1.39. The Morgan fingerprint density at radius 2 is 2.04 bits per heavy atom. The van der Waals surface area contributed by atoms with Crippen LogP contribution in [0.5, 0.6) is 0 Å². The summed E-state index contributed by atoms with van der Waals surface area (Å²) >= 11 is 0. The van der Waals surface area contributed by atoms with E-state index in [-0.39, 0.29) is 23.5 Å². The molecule has 3 atom stereocenters. The highest BCUT2D eigenvalue weighted by molar-refractivity contribution is 5.79. The lowest BCUT2D eigenvalue weighted by molar-refractivity contribution is -0.144. The minimum Gasteiger partial charge on any atom is -0.389 e. The quantitative estimate of drug-likeness (QED) is 0.862. The number of carbonyl (C=O) groups is 1. The summed E-state index contributed by atoms with van der Waals surface area (Å²) in [6.07, 6.45) is 6.00. The van der Waals surface area contributed by atoms with E-state index < -0.39 is 0 Å². The second-order valence-electron chi connectivity index (χ2n) is 7.88. The van der Waals surface area contributed by atoms with Gasteiger partial charge in [0.2, 0.25) is 5.91 Å². The van der Waals surface area contributed by atoms with Gasteiger partial charge in [-0.25, -0.2) is 0 Å². The molecule has 1 aliphatic heterocycles. The van der Waals surface area contributed by atoms with Gasteiger partial charge in [0, 0.05) is 32.0 Å². The Balaban J connectivity index is 1.88. The van der Waals surface area contributed by atoms with Crippen molar-refractivity contribution in [2.75, 3.05) is 20.2 Å². The van der Waals surface area contributed by atoms with E-state index >= 15 is 0 Å². The highest BCUT2D eigenvalue weighted by Crippen LogP contribution is 2.49. The van der Waals surface area contributed by atoms with Gasteiger partial charge in [0.05, 0.1) is 12.2 Å². The molecule has 1 aliphatic carbocycles. The van der Waals surface area contributed by atoms with Crippen LogP contribution in [0.15, 0.2) is 30.3 Å². The maximum absolute atomic E-state index is 12.9. The van der Waals surface area contributed by atoms with E-state index in [1.807, 2.05) is 6.07 Å². The maximum Gasteiger partial charge on any atom is 0.223 e. The number of ether oxygens (including phenoxy) is 1. The van der Waals surface area contributed by atoms with Crippen LogP contribution in [0, 0.1) is 5.92 Å². The number of aliphatic hydroxyl groups excluding tert-OH is 1. The summed E-state index contributed by atoms with van der Waals surface area (Å²) in [7, 11) is 1.77. The smallest absolute Gasteiger partial charge is 0.223 e. The molecule has 3 unspecified atom stereocenters. The average Bonchev–Trinajstić information content (AvgIpc) is 2.61. The Morgan fingerprint density at radius 3 is 2.68 bits per heavy atom. The Kier molecular flexibility index (Phi) is 5.80. The van der Waals surface area contributed by atoms with E-state index in [0.29, 0.717) is 25.4 Å². The van der Waals surface area contributed by atoms with Crippen molar-refractivity contribution >= 4 is 5.91 Å². The highest BCUT2D eigenvalue weighted by atomic mass is 16.5. The molecule has 3 rings (SSSR count). The van der Waals surface area contributed by atoms with Crippen molar-refractivity contribution in [3.05, 3.63) is 35.9 Å². The molecule has 1 N–H and O–H groups in total. The second kappa shape index (κ2) is 7.88. The minimum atomic E-state index is -0.340. The van der Waals surface area contributed by atoms with Crippen LogP contribution in [-0.2, 0) is 14.9 Å². The first-order valence-corrected chi connectivity index (χ1v) is 9.59. The molecule has 1 amide bonds. The Labute approximate surface area is 151 Å². The van der Waals surface area contributed by atoms with Crippen LogP contribution < -0.4 is 0 Å². The van der Waals surface area contributed by atoms with Gasteiger partial charge in [0.25, 0.3) is 0 Å². The lowest BCUT2D eigenvalue weighted by Gasteiger charge is -2.47. The van der Waals surface area contributed by atoms with E-state index in [0.717, 1.165) is 19.3 Å². The van der Waals surface area contributed by atoms with Crippen molar-refractivity contribution in [1.29, 1.82) is 0 Å². The molecule has 1 aromatic rings. The first-order chi connectivity index (χ1) is 12.0. The third-order valence-electron chi connectivity index (χ3n) is 6.26. The van der Waals surface area contributed by atoms with Crippen molar-refractivity contribution in [2.24, 2.45) is 5.92 Å². The van der Waals surface area contributed by atoms with Gasteiger partial charge in [-0.2, -0.15) is 0 Å². The van der Waals surface area contributed by atoms with Gasteiger partial charge in [-0.05, 0) is 37.7 Å². The monoisotopic (exact) mass is 345 g/mol. The summed E-state index contributed by atoms with van der Waals surface area (Å²) in [5.41, 5.74) is 1.18. The van der Waals surface area contributed by atoms with Gasteiger partial charge in [-0.1, -0.05) is 43.2 Å². The molecule has 25 heavy (non-hydrogen) atoms. The molecule has 0 aromatic heterocycles. The van der Waals surface area contributed by atoms with E-state index in [9.17, 15) is 9.90 Å². The molecule has 1 aromatic carbocycles. The number of nitrogens with zero attached hydrogens (tertiary/aromatic N) is 1. The average molecular weight is 345 g/mol. The largest absolute Gasteiger partial charge is 0.389 e. The molecule has 0 radical (unpaired) electrons. The van der Waals surface area contributed by atoms with E-state index in [1.165, 1.54) is 18.4 Å². The normalized spacial score (nSPS) is 28.4. The number of hydrogen-bond acceptors (Lipinski definition) is 3. The molecule has 138 valence electrons. The summed E-state index contributed by atoms with van der Waals surface area (Å²) in [6, 6.07) is 10.6. The number of amides is 1. The number of aliphatic hydroxyl groups is 1. The van der Waals surface area contributed by atoms with Crippen molar-refractivity contribution in [2.45, 2.75) is 63.1 Å². The van der Waals surface area contributed by atoms with E-state index in [4.69, 9.17) is 4.74 Å². The van der Waals surface area contributed by atoms with Crippen LogP contribution >= 0.6 is 0 Å². The SMILES string of the molecule is COC(C)CC1CCCCC1(CC(=O)N1CC(O)C1)c1ccccc1. The minimum absolute atomic E-state index is 0.107. The van der Waals surface area contributed by atoms with Crippen LogP contribution in [0.3, 0.4) is 0 Å². The fourth-order valence-electron chi connectivity index (χ4n) is 4.68. The Bertz CT molecular complexity index is 570.